The number of nitrogens with one attached hydrogen (secondary N) is 1. The van der Waals surface area contributed by atoms with E-state index >= 15 is 0 Å². The fourth-order valence-corrected chi connectivity index (χ4v) is 4.48. The fraction of sp³-hybridized carbons (Fsp3) is 0.611. The molecule has 1 aliphatic carbocycles. The minimum atomic E-state index is 0.265. The van der Waals surface area contributed by atoms with Crippen molar-refractivity contribution < 1.29 is 4.79 Å². The van der Waals surface area contributed by atoms with Crippen molar-refractivity contribution in [2.24, 2.45) is 5.92 Å². The van der Waals surface area contributed by atoms with Gasteiger partial charge in [-0.2, -0.15) is 0 Å². The SMILES string of the molecule is O=C(c1ccc2c(c1)CCN2)N1CCC[C@H]2CCCC[C@H]21. The number of anilines is 1. The van der Waals surface area contributed by atoms with Crippen molar-refractivity contribution in [3.05, 3.63) is 29.3 Å². The van der Waals surface area contributed by atoms with Gasteiger partial charge in [0, 0.05) is 30.4 Å². The molecular formula is C18H24N2O. The lowest BCUT2D eigenvalue weighted by Gasteiger charge is -2.44. The highest BCUT2D eigenvalue weighted by Gasteiger charge is 2.36. The van der Waals surface area contributed by atoms with E-state index in [1.807, 2.05) is 6.07 Å². The molecule has 2 fully saturated rings. The first-order chi connectivity index (χ1) is 10.3. The number of rotatable bonds is 1. The first-order valence-electron chi connectivity index (χ1n) is 8.51. The number of hydrogen-bond donors (Lipinski definition) is 1. The Balaban J connectivity index is 1.58. The summed E-state index contributed by atoms with van der Waals surface area (Å²) in [6.07, 6.45) is 8.72. The average molecular weight is 284 g/mol. The van der Waals surface area contributed by atoms with E-state index in [-0.39, 0.29) is 5.91 Å². The molecule has 1 saturated heterocycles. The number of carbonyl (C=O) groups excluding carboxylic acids is 1. The lowest BCUT2D eigenvalue weighted by molar-refractivity contribution is 0.0390. The molecule has 2 atom stereocenters. The number of hydrogen-bond acceptors (Lipinski definition) is 2. The Hall–Kier alpha value is -1.51. The number of likely N-dealkylation sites (tertiary alicyclic amines) is 1. The maximum atomic E-state index is 13.0. The van der Waals surface area contributed by atoms with E-state index in [1.54, 1.807) is 0 Å². The molecule has 21 heavy (non-hydrogen) atoms. The van der Waals surface area contributed by atoms with Crippen LogP contribution in [0.1, 0.15) is 54.4 Å². The van der Waals surface area contributed by atoms with E-state index < -0.39 is 0 Å². The minimum Gasteiger partial charge on any atom is -0.384 e. The Bertz CT molecular complexity index is 552. The number of carbonyl (C=O) groups is 1. The zero-order valence-corrected chi connectivity index (χ0v) is 12.6. The van der Waals surface area contributed by atoms with Crippen molar-refractivity contribution >= 4 is 11.6 Å². The van der Waals surface area contributed by atoms with Crippen LogP contribution in [0.3, 0.4) is 0 Å². The molecule has 0 spiro atoms. The monoisotopic (exact) mass is 284 g/mol. The van der Waals surface area contributed by atoms with E-state index in [9.17, 15) is 4.79 Å². The van der Waals surface area contributed by atoms with Gasteiger partial charge in [0.2, 0.25) is 0 Å². The molecule has 0 unspecified atom stereocenters. The van der Waals surface area contributed by atoms with Gasteiger partial charge in [0.1, 0.15) is 0 Å². The molecule has 2 heterocycles. The third kappa shape index (κ3) is 2.33. The predicted octanol–water partition coefficient (Wildman–Crippen LogP) is 3.45. The number of piperidine rings is 1. The van der Waals surface area contributed by atoms with E-state index in [1.165, 1.54) is 49.8 Å². The van der Waals surface area contributed by atoms with Crippen LogP contribution in [-0.2, 0) is 6.42 Å². The molecule has 112 valence electrons. The molecule has 3 aliphatic rings. The topological polar surface area (TPSA) is 32.3 Å². The molecule has 0 aromatic heterocycles. The summed E-state index contributed by atoms with van der Waals surface area (Å²) >= 11 is 0. The van der Waals surface area contributed by atoms with Gasteiger partial charge in [-0.25, -0.2) is 0 Å². The van der Waals surface area contributed by atoms with Crippen LogP contribution in [0, 0.1) is 5.92 Å². The van der Waals surface area contributed by atoms with Gasteiger partial charge < -0.3 is 10.2 Å². The summed E-state index contributed by atoms with van der Waals surface area (Å²) in [6, 6.07) is 6.71. The summed E-state index contributed by atoms with van der Waals surface area (Å²) in [4.78, 5) is 15.2. The van der Waals surface area contributed by atoms with E-state index in [2.05, 4.69) is 22.3 Å². The van der Waals surface area contributed by atoms with Crippen molar-refractivity contribution in [2.75, 3.05) is 18.4 Å². The molecule has 3 heteroatoms. The van der Waals surface area contributed by atoms with Gasteiger partial charge in [0.15, 0.2) is 0 Å². The van der Waals surface area contributed by atoms with Gasteiger partial charge in [0.25, 0.3) is 5.91 Å². The van der Waals surface area contributed by atoms with Crippen LogP contribution in [0.25, 0.3) is 0 Å². The van der Waals surface area contributed by atoms with Crippen LogP contribution in [0.5, 0.6) is 0 Å². The number of amides is 1. The highest BCUT2D eigenvalue weighted by molar-refractivity contribution is 5.95. The summed E-state index contributed by atoms with van der Waals surface area (Å²) in [5.74, 6) is 1.02. The first kappa shape index (κ1) is 13.2. The normalized spacial score (nSPS) is 27.7. The predicted molar refractivity (Wildman–Crippen MR) is 84.7 cm³/mol. The second-order valence-corrected chi connectivity index (χ2v) is 6.80. The zero-order chi connectivity index (χ0) is 14.2. The number of fused-ring (bicyclic) bond motifs is 2. The maximum absolute atomic E-state index is 13.0. The lowest BCUT2D eigenvalue weighted by atomic mass is 9.78. The third-order valence-electron chi connectivity index (χ3n) is 5.57. The Kier molecular flexibility index (Phi) is 3.36. The average Bonchev–Trinajstić information content (AvgIpc) is 3.01. The third-order valence-corrected chi connectivity index (χ3v) is 5.57. The van der Waals surface area contributed by atoms with E-state index in [4.69, 9.17) is 0 Å². The summed E-state index contributed by atoms with van der Waals surface area (Å²) in [7, 11) is 0. The second kappa shape index (κ2) is 5.36. The van der Waals surface area contributed by atoms with Crippen molar-refractivity contribution in [3.8, 4) is 0 Å². The van der Waals surface area contributed by atoms with Gasteiger partial charge in [-0.1, -0.05) is 12.8 Å². The first-order valence-corrected chi connectivity index (χ1v) is 8.51. The van der Waals surface area contributed by atoms with Crippen molar-refractivity contribution in [2.45, 2.75) is 51.0 Å². The zero-order valence-electron chi connectivity index (χ0n) is 12.6. The molecule has 0 radical (unpaired) electrons. The summed E-state index contributed by atoms with van der Waals surface area (Å²) < 4.78 is 0. The second-order valence-electron chi connectivity index (χ2n) is 6.80. The van der Waals surface area contributed by atoms with Gasteiger partial charge in [0.05, 0.1) is 0 Å². The molecule has 0 bridgehead atoms. The molecule has 1 aromatic carbocycles. The van der Waals surface area contributed by atoms with Gasteiger partial charge >= 0.3 is 0 Å². The lowest BCUT2D eigenvalue weighted by Crippen LogP contribution is -2.49. The van der Waals surface area contributed by atoms with Gasteiger partial charge in [-0.3, -0.25) is 4.79 Å². The van der Waals surface area contributed by atoms with Gasteiger partial charge in [-0.05, 0) is 61.8 Å². The minimum absolute atomic E-state index is 0.265. The molecule has 1 N–H and O–H groups in total. The molecular weight excluding hydrogens is 260 g/mol. The Labute approximate surface area is 126 Å². The Morgan fingerprint density at radius 2 is 2.00 bits per heavy atom. The molecule has 1 saturated carbocycles. The molecule has 4 rings (SSSR count). The standard InChI is InChI=1S/C18H24N2O/c21-18(15-7-8-16-14(12-15)9-10-19-16)20-11-3-5-13-4-1-2-6-17(13)20/h7-8,12-13,17,19H,1-6,9-11H2/t13-,17-/m1/s1. The summed E-state index contributed by atoms with van der Waals surface area (Å²) in [6.45, 7) is 1.96. The molecule has 1 aromatic rings. The van der Waals surface area contributed by atoms with Crippen molar-refractivity contribution in [1.29, 1.82) is 0 Å². The molecule has 1 amide bonds. The highest BCUT2D eigenvalue weighted by Crippen LogP contribution is 2.36. The smallest absolute Gasteiger partial charge is 0.254 e. The van der Waals surface area contributed by atoms with Crippen molar-refractivity contribution in [3.63, 3.8) is 0 Å². The van der Waals surface area contributed by atoms with Crippen molar-refractivity contribution in [1.82, 2.24) is 4.90 Å². The highest BCUT2D eigenvalue weighted by atomic mass is 16.2. The molecule has 2 aliphatic heterocycles. The fourth-order valence-electron chi connectivity index (χ4n) is 4.48. The van der Waals surface area contributed by atoms with E-state index in [0.717, 1.165) is 31.0 Å². The van der Waals surface area contributed by atoms with E-state index in [0.29, 0.717) is 6.04 Å². The maximum Gasteiger partial charge on any atom is 0.254 e. The van der Waals surface area contributed by atoms with Crippen LogP contribution in [-0.4, -0.2) is 29.9 Å². The number of benzene rings is 1. The quantitative estimate of drug-likeness (QED) is 0.856. The van der Waals surface area contributed by atoms with Crippen LogP contribution in [0.15, 0.2) is 18.2 Å². The van der Waals surface area contributed by atoms with Gasteiger partial charge in [-0.15, -0.1) is 0 Å². The summed E-state index contributed by atoms with van der Waals surface area (Å²) in [5, 5.41) is 3.37. The number of nitrogens with zero attached hydrogens (tertiary/aromatic N) is 1. The van der Waals surface area contributed by atoms with Crippen LogP contribution in [0.2, 0.25) is 0 Å². The Morgan fingerprint density at radius 3 is 2.95 bits per heavy atom. The Morgan fingerprint density at radius 1 is 1.14 bits per heavy atom. The largest absolute Gasteiger partial charge is 0.384 e. The molecule has 3 nitrogen and oxygen atoms in total. The van der Waals surface area contributed by atoms with Crippen LogP contribution >= 0.6 is 0 Å². The van der Waals surface area contributed by atoms with Crippen LogP contribution < -0.4 is 5.32 Å². The van der Waals surface area contributed by atoms with Crippen LogP contribution in [0.4, 0.5) is 5.69 Å². The summed E-state index contributed by atoms with van der Waals surface area (Å²) in [5.41, 5.74) is 3.41.